The lowest BCUT2D eigenvalue weighted by Crippen LogP contribution is -1.95. The molecule has 0 fully saturated rings. The van der Waals surface area contributed by atoms with Gasteiger partial charge in [0.1, 0.15) is 6.07 Å². The molecule has 2 aromatic rings. The predicted molar refractivity (Wildman–Crippen MR) is 68.4 cm³/mol. The van der Waals surface area contributed by atoms with Gasteiger partial charge in [-0.05, 0) is 12.0 Å². The number of nitrogens with one attached hydrogen (secondary N) is 1. The third-order valence-corrected chi connectivity index (χ3v) is 3.07. The molecule has 2 aromatic heterocycles. The highest BCUT2D eigenvalue weighted by Gasteiger charge is 2.07. The Balaban J connectivity index is 2.23. The molecule has 4 nitrogen and oxygen atoms in total. The van der Waals surface area contributed by atoms with Gasteiger partial charge < -0.3 is 5.32 Å². The van der Waals surface area contributed by atoms with Gasteiger partial charge in [0.2, 0.25) is 0 Å². The second kappa shape index (κ2) is 4.93. The minimum atomic E-state index is 0.408. The first kappa shape index (κ1) is 11.6. The molecule has 0 bridgehead atoms. The minimum absolute atomic E-state index is 0.408. The molecular formula is C12H12N4S. The maximum Gasteiger partial charge on any atom is 0.187 e. The van der Waals surface area contributed by atoms with Crippen molar-refractivity contribution in [3.8, 4) is 6.07 Å². The number of thiazole rings is 1. The average Bonchev–Trinajstić information content (AvgIpc) is 2.78. The van der Waals surface area contributed by atoms with Crippen LogP contribution in [0, 0.1) is 11.3 Å². The van der Waals surface area contributed by atoms with Crippen molar-refractivity contribution in [3.63, 3.8) is 0 Å². The van der Waals surface area contributed by atoms with Gasteiger partial charge >= 0.3 is 0 Å². The number of rotatable bonds is 3. The van der Waals surface area contributed by atoms with E-state index < -0.39 is 0 Å². The van der Waals surface area contributed by atoms with Crippen LogP contribution in [0.1, 0.15) is 31.0 Å². The first-order valence-electron chi connectivity index (χ1n) is 5.27. The van der Waals surface area contributed by atoms with Crippen LogP contribution in [0.25, 0.3) is 0 Å². The van der Waals surface area contributed by atoms with Gasteiger partial charge in [0.05, 0.1) is 23.1 Å². The van der Waals surface area contributed by atoms with E-state index in [1.807, 2.05) is 5.38 Å². The second-order valence-corrected chi connectivity index (χ2v) is 4.75. The summed E-state index contributed by atoms with van der Waals surface area (Å²) in [6, 6.07) is 3.80. The van der Waals surface area contributed by atoms with E-state index in [0.29, 0.717) is 17.2 Å². The van der Waals surface area contributed by atoms with Crippen LogP contribution in [0.3, 0.4) is 0 Å². The van der Waals surface area contributed by atoms with Crippen molar-refractivity contribution in [2.45, 2.75) is 19.8 Å². The molecule has 2 heterocycles. The maximum atomic E-state index is 8.96. The topological polar surface area (TPSA) is 61.6 Å². The Morgan fingerprint density at radius 2 is 2.29 bits per heavy atom. The van der Waals surface area contributed by atoms with Gasteiger partial charge in [-0.25, -0.2) is 4.98 Å². The summed E-state index contributed by atoms with van der Waals surface area (Å²) in [7, 11) is 0. The van der Waals surface area contributed by atoms with Gasteiger partial charge in [0.15, 0.2) is 5.13 Å². The Morgan fingerprint density at radius 1 is 1.47 bits per heavy atom. The first-order chi connectivity index (χ1) is 8.20. The number of nitrogens with zero attached hydrogens (tertiary/aromatic N) is 3. The van der Waals surface area contributed by atoms with Gasteiger partial charge in [-0.2, -0.15) is 5.26 Å². The monoisotopic (exact) mass is 244 g/mol. The van der Waals surface area contributed by atoms with E-state index in [9.17, 15) is 0 Å². The number of aromatic nitrogens is 2. The number of nitriles is 1. The molecule has 0 saturated carbocycles. The van der Waals surface area contributed by atoms with Crippen molar-refractivity contribution in [1.29, 1.82) is 5.26 Å². The van der Waals surface area contributed by atoms with Crippen LogP contribution in [0.4, 0.5) is 10.8 Å². The lowest BCUT2D eigenvalue weighted by Gasteiger charge is -2.03. The lowest BCUT2D eigenvalue weighted by atomic mass is 10.2. The van der Waals surface area contributed by atoms with Crippen LogP contribution < -0.4 is 5.32 Å². The Labute approximate surface area is 104 Å². The second-order valence-electron chi connectivity index (χ2n) is 3.89. The van der Waals surface area contributed by atoms with Crippen molar-refractivity contribution in [1.82, 2.24) is 9.97 Å². The standard InChI is InChI=1S/C12H12N4S/c1-8(2)11-7-17-12(16-11)15-10-6-14-4-3-9(10)5-13/h3-4,6-8H,1-2H3,(H,15,16). The number of pyridine rings is 1. The Morgan fingerprint density at radius 3 is 2.94 bits per heavy atom. The lowest BCUT2D eigenvalue weighted by molar-refractivity contribution is 0.834. The van der Waals surface area contributed by atoms with E-state index >= 15 is 0 Å². The van der Waals surface area contributed by atoms with E-state index in [2.05, 4.69) is 35.2 Å². The van der Waals surface area contributed by atoms with Crippen molar-refractivity contribution in [2.24, 2.45) is 0 Å². The fourth-order valence-corrected chi connectivity index (χ4v) is 2.20. The Hall–Kier alpha value is -1.93. The van der Waals surface area contributed by atoms with E-state index in [0.717, 1.165) is 10.8 Å². The highest BCUT2D eigenvalue weighted by molar-refractivity contribution is 7.13. The molecule has 0 saturated heterocycles. The normalized spacial score (nSPS) is 10.2. The summed E-state index contributed by atoms with van der Waals surface area (Å²) in [5.41, 5.74) is 2.32. The molecule has 1 N–H and O–H groups in total. The van der Waals surface area contributed by atoms with Crippen LogP contribution in [-0.2, 0) is 0 Å². The fraction of sp³-hybridized carbons (Fsp3) is 0.250. The minimum Gasteiger partial charge on any atom is -0.329 e. The summed E-state index contributed by atoms with van der Waals surface area (Å²) >= 11 is 1.53. The molecule has 2 rings (SSSR count). The van der Waals surface area contributed by atoms with Gasteiger partial charge in [-0.1, -0.05) is 13.8 Å². The van der Waals surface area contributed by atoms with Crippen LogP contribution in [0.2, 0.25) is 0 Å². The van der Waals surface area contributed by atoms with Gasteiger partial charge in [-0.15, -0.1) is 11.3 Å². The molecule has 0 spiro atoms. The fourth-order valence-electron chi connectivity index (χ4n) is 1.32. The molecule has 86 valence electrons. The van der Waals surface area contributed by atoms with Crippen molar-refractivity contribution < 1.29 is 0 Å². The first-order valence-corrected chi connectivity index (χ1v) is 6.15. The molecule has 0 atom stereocenters. The van der Waals surface area contributed by atoms with Gasteiger partial charge in [0, 0.05) is 11.6 Å². The molecule has 0 amide bonds. The third-order valence-electron chi connectivity index (χ3n) is 2.30. The maximum absolute atomic E-state index is 8.96. The summed E-state index contributed by atoms with van der Waals surface area (Å²) in [4.78, 5) is 8.45. The highest BCUT2D eigenvalue weighted by atomic mass is 32.1. The summed E-state index contributed by atoms with van der Waals surface area (Å²) < 4.78 is 0. The molecule has 0 aliphatic heterocycles. The predicted octanol–water partition coefficient (Wildman–Crippen LogP) is 3.28. The molecule has 0 aliphatic carbocycles. The van der Waals surface area contributed by atoms with E-state index in [4.69, 9.17) is 5.26 Å². The van der Waals surface area contributed by atoms with E-state index in [1.165, 1.54) is 11.3 Å². The largest absolute Gasteiger partial charge is 0.329 e. The van der Waals surface area contributed by atoms with Crippen LogP contribution in [0.5, 0.6) is 0 Å². The number of hydrogen-bond donors (Lipinski definition) is 1. The Kier molecular flexibility index (Phi) is 3.35. The molecule has 0 aliphatic rings. The summed E-state index contributed by atoms with van der Waals surface area (Å²) in [6.07, 6.45) is 3.24. The van der Waals surface area contributed by atoms with Crippen LogP contribution >= 0.6 is 11.3 Å². The molecule has 0 aromatic carbocycles. The number of anilines is 2. The van der Waals surface area contributed by atoms with Gasteiger partial charge in [-0.3, -0.25) is 4.98 Å². The SMILES string of the molecule is CC(C)c1csc(Nc2cnccc2C#N)n1. The summed E-state index contributed by atoms with van der Waals surface area (Å²) in [5.74, 6) is 0.408. The van der Waals surface area contributed by atoms with E-state index in [1.54, 1.807) is 18.5 Å². The third kappa shape index (κ3) is 2.60. The molecule has 5 heteroatoms. The zero-order valence-corrected chi connectivity index (χ0v) is 10.5. The Bertz CT molecular complexity index is 554. The highest BCUT2D eigenvalue weighted by Crippen LogP contribution is 2.25. The van der Waals surface area contributed by atoms with Crippen LogP contribution in [0.15, 0.2) is 23.8 Å². The van der Waals surface area contributed by atoms with Crippen molar-refractivity contribution >= 4 is 22.2 Å². The molecule has 0 unspecified atom stereocenters. The summed E-state index contributed by atoms with van der Waals surface area (Å²) in [6.45, 7) is 4.20. The smallest absolute Gasteiger partial charge is 0.187 e. The zero-order chi connectivity index (χ0) is 12.3. The quantitative estimate of drug-likeness (QED) is 0.900. The van der Waals surface area contributed by atoms with Crippen LogP contribution in [-0.4, -0.2) is 9.97 Å². The summed E-state index contributed by atoms with van der Waals surface area (Å²) in [5, 5.41) is 14.9. The molecule has 0 radical (unpaired) electrons. The molecular weight excluding hydrogens is 232 g/mol. The number of hydrogen-bond acceptors (Lipinski definition) is 5. The molecule has 17 heavy (non-hydrogen) atoms. The van der Waals surface area contributed by atoms with E-state index in [-0.39, 0.29) is 0 Å². The van der Waals surface area contributed by atoms with Gasteiger partial charge in [0.25, 0.3) is 0 Å². The van der Waals surface area contributed by atoms with Crippen molar-refractivity contribution in [2.75, 3.05) is 5.32 Å². The zero-order valence-electron chi connectivity index (χ0n) is 9.64. The average molecular weight is 244 g/mol. The van der Waals surface area contributed by atoms with Crippen molar-refractivity contribution in [3.05, 3.63) is 35.1 Å².